The van der Waals surface area contributed by atoms with E-state index in [0.717, 1.165) is 23.3 Å². The number of thiophene rings is 1. The molecule has 1 aromatic heterocycles. The van der Waals surface area contributed by atoms with Crippen molar-refractivity contribution >= 4 is 28.9 Å². The molecule has 0 amide bonds. The molecule has 0 aliphatic heterocycles. The Hall–Kier alpha value is -0.780. The van der Waals surface area contributed by atoms with Gasteiger partial charge in [0.25, 0.3) is 0 Å². The number of hydrogen-bond acceptors (Lipinski definition) is 3. The number of hydrogen-bond donors (Lipinski definition) is 3. The SMILES string of the molecule is CN=C(NCC1CCC1)NCC(O)c1ccc(Cl)s1. The summed E-state index contributed by atoms with van der Waals surface area (Å²) in [5.74, 6) is 1.52. The van der Waals surface area contributed by atoms with Crippen LogP contribution in [0.3, 0.4) is 0 Å². The first-order valence-corrected chi connectivity index (χ1v) is 7.76. The maximum Gasteiger partial charge on any atom is 0.191 e. The Bertz CT molecular complexity index is 431. The predicted octanol–water partition coefficient (Wildman–Crippen LogP) is 2.40. The first kappa shape index (κ1) is 14.6. The van der Waals surface area contributed by atoms with Gasteiger partial charge in [0.05, 0.1) is 4.34 Å². The molecule has 0 radical (unpaired) electrons. The van der Waals surface area contributed by atoms with Crippen LogP contribution in [0.5, 0.6) is 0 Å². The third kappa shape index (κ3) is 4.37. The molecule has 6 heteroatoms. The van der Waals surface area contributed by atoms with Crippen LogP contribution in [0.4, 0.5) is 0 Å². The second kappa shape index (κ2) is 7.12. The van der Waals surface area contributed by atoms with Crippen molar-refractivity contribution in [1.82, 2.24) is 10.6 Å². The van der Waals surface area contributed by atoms with E-state index in [-0.39, 0.29) is 0 Å². The number of aliphatic imine (C=N–C) groups is 1. The molecule has 1 heterocycles. The molecule has 4 nitrogen and oxygen atoms in total. The minimum Gasteiger partial charge on any atom is -0.386 e. The van der Waals surface area contributed by atoms with E-state index in [4.69, 9.17) is 11.6 Å². The topological polar surface area (TPSA) is 56.7 Å². The van der Waals surface area contributed by atoms with Crippen molar-refractivity contribution in [2.75, 3.05) is 20.1 Å². The number of aliphatic hydroxyl groups excluding tert-OH is 1. The summed E-state index contributed by atoms with van der Waals surface area (Å²) in [5, 5.41) is 16.4. The number of rotatable bonds is 5. The number of nitrogens with zero attached hydrogens (tertiary/aromatic N) is 1. The fourth-order valence-corrected chi connectivity index (χ4v) is 3.01. The Morgan fingerprint density at radius 3 is 2.84 bits per heavy atom. The van der Waals surface area contributed by atoms with E-state index in [0.29, 0.717) is 10.9 Å². The summed E-state index contributed by atoms with van der Waals surface area (Å²) in [4.78, 5) is 5.02. The van der Waals surface area contributed by atoms with Crippen LogP contribution in [0.2, 0.25) is 4.34 Å². The van der Waals surface area contributed by atoms with Crippen LogP contribution >= 0.6 is 22.9 Å². The standard InChI is InChI=1S/C13H20ClN3OS/c1-15-13(16-7-9-3-2-4-9)17-8-10(18)11-5-6-12(14)19-11/h5-6,9-10,18H,2-4,7-8H2,1H3,(H2,15,16,17). The summed E-state index contributed by atoms with van der Waals surface area (Å²) in [6.45, 7) is 1.39. The van der Waals surface area contributed by atoms with Crippen molar-refractivity contribution < 1.29 is 5.11 Å². The summed E-state index contributed by atoms with van der Waals surface area (Å²) >= 11 is 7.25. The molecule has 1 atom stereocenters. The predicted molar refractivity (Wildman–Crippen MR) is 81.0 cm³/mol. The number of nitrogens with one attached hydrogen (secondary N) is 2. The van der Waals surface area contributed by atoms with E-state index in [1.807, 2.05) is 6.07 Å². The Kier molecular flexibility index (Phi) is 5.48. The van der Waals surface area contributed by atoms with Crippen molar-refractivity contribution in [2.24, 2.45) is 10.9 Å². The molecule has 3 N–H and O–H groups in total. The van der Waals surface area contributed by atoms with Gasteiger partial charge in [-0.2, -0.15) is 0 Å². The van der Waals surface area contributed by atoms with Gasteiger partial charge in [-0.05, 0) is 30.9 Å². The van der Waals surface area contributed by atoms with Crippen molar-refractivity contribution in [3.63, 3.8) is 0 Å². The molecular formula is C13H20ClN3OS. The van der Waals surface area contributed by atoms with Gasteiger partial charge >= 0.3 is 0 Å². The molecule has 0 saturated heterocycles. The molecule has 0 spiro atoms. The average molecular weight is 302 g/mol. The van der Waals surface area contributed by atoms with E-state index in [1.54, 1.807) is 13.1 Å². The van der Waals surface area contributed by atoms with Crippen molar-refractivity contribution in [3.8, 4) is 0 Å². The van der Waals surface area contributed by atoms with Crippen LogP contribution in [0, 0.1) is 5.92 Å². The molecule has 1 fully saturated rings. The monoisotopic (exact) mass is 301 g/mol. The van der Waals surface area contributed by atoms with Gasteiger partial charge in [-0.1, -0.05) is 18.0 Å². The van der Waals surface area contributed by atoms with Crippen molar-refractivity contribution in [1.29, 1.82) is 0 Å². The first-order chi connectivity index (χ1) is 9.19. The van der Waals surface area contributed by atoms with Crippen LogP contribution in [0.1, 0.15) is 30.2 Å². The molecular weight excluding hydrogens is 282 g/mol. The Morgan fingerprint density at radius 1 is 1.53 bits per heavy atom. The maximum atomic E-state index is 10.0. The Balaban J connectivity index is 1.72. The molecule has 1 saturated carbocycles. The minimum atomic E-state index is -0.556. The minimum absolute atomic E-state index is 0.432. The maximum absolute atomic E-state index is 10.0. The first-order valence-electron chi connectivity index (χ1n) is 6.57. The molecule has 106 valence electrons. The average Bonchev–Trinajstić information content (AvgIpc) is 2.77. The highest BCUT2D eigenvalue weighted by molar-refractivity contribution is 7.16. The quantitative estimate of drug-likeness (QED) is 0.578. The van der Waals surface area contributed by atoms with Gasteiger partial charge in [0.1, 0.15) is 6.10 Å². The highest BCUT2D eigenvalue weighted by atomic mass is 35.5. The lowest BCUT2D eigenvalue weighted by Crippen LogP contribution is -2.42. The van der Waals surface area contributed by atoms with E-state index in [2.05, 4.69) is 15.6 Å². The molecule has 0 aromatic carbocycles. The molecule has 19 heavy (non-hydrogen) atoms. The zero-order chi connectivity index (χ0) is 13.7. The second-order valence-corrected chi connectivity index (χ2v) is 6.54. The van der Waals surface area contributed by atoms with Gasteiger partial charge in [0.2, 0.25) is 0 Å². The number of halogens is 1. The lowest BCUT2D eigenvalue weighted by atomic mass is 9.85. The smallest absolute Gasteiger partial charge is 0.191 e. The zero-order valence-electron chi connectivity index (χ0n) is 11.0. The van der Waals surface area contributed by atoms with E-state index in [1.165, 1.54) is 30.6 Å². The van der Waals surface area contributed by atoms with Gasteiger partial charge in [0.15, 0.2) is 5.96 Å². The van der Waals surface area contributed by atoms with Crippen LogP contribution in [0.25, 0.3) is 0 Å². The fourth-order valence-electron chi connectivity index (χ4n) is 1.96. The Morgan fingerprint density at radius 2 is 2.32 bits per heavy atom. The molecule has 1 aromatic rings. The third-order valence-electron chi connectivity index (χ3n) is 3.39. The summed E-state index contributed by atoms with van der Waals surface area (Å²) in [5.41, 5.74) is 0. The summed E-state index contributed by atoms with van der Waals surface area (Å²) in [6, 6.07) is 3.65. The highest BCUT2D eigenvalue weighted by Crippen LogP contribution is 2.26. The van der Waals surface area contributed by atoms with Gasteiger partial charge in [-0.3, -0.25) is 4.99 Å². The molecule has 0 bridgehead atoms. The second-order valence-electron chi connectivity index (χ2n) is 4.79. The molecule has 1 unspecified atom stereocenters. The summed E-state index contributed by atoms with van der Waals surface area (Å²) < 4.78 is 0.696. The Labute approximate surface area is 122 Å². The largest absolute Gasteiger partial charge is 0.386 e. The highest BCUT2D eigenvalue weighted by Gasteiger charge is 2.17. The van der Waals surface area contributed by atoms with Crippen molar-refractivity contribution in [3.05, 3.63) is 21.3 Å². The number of guanidine groups is 1. The van der Waals surface area contributed by atoms with Crippen LogP contribution < -0.4 is 10.6 Å². The van der Waals surface area contributed by atoms with Crippen LogP contribution in [-0.2, 0) is 0 Å². The van der Waals surface area contributed by atoms with E-state index in [9.17, 15) is 5.11 Å². The molecule has 2 rings (SSSR count). The van der Waals surface area contributed by atoms with Gasteiger partial charge in [0, 0.05) is 25.0 Å². The third-order valence-corrected chi connectivity index (χ3v) is 4.72. The van der Waals surface area contributed by atoms with E-state index < -0.39 is 6.10 Å². The lowest BCUT2D eigenvalue weighted by Gasteiger charge is -2.26. The van der Waals surface area contributed by atoms with Gasteiger partial charge in [-0.15, -0.1) is 11.3 Å². The molecule has 1 aliphatic rings. The van der Waals surface area contributed by atoms with Gasteiger partial charge in [-0.25, -0.2) is 0 Å². The van der Waals surface area contributed by atoms with Crippen molar-refractivity contribution in [2.45, 2.75) is 25.4 Å². The fraction of sp³-hybridized carbons (Fsp3) is 0.615. The van der Waals surface area contributed by atoms with Crippen LogP contribution in [-0.4, -0.2) is 31.2 Å². The molecule has 1 aliphatic carbocycles. The lowest BCUT2D eigenvalue weighted by molar-refractivity contribution is 0.184. The van der Waals surface area contributed by atoms with Crippen LogP contribution in [0.15, 0.2) is 17.1 Å². The van der Waals surface area contributed by atoms with Gasteiger partial charge < -0.3 is 15.7 Å². The summed E-state index contributed by atoms with van der Waals surface area (Å²) in [7, 11) is 1.74. The normalized spacial score (nSPS) is 17.9. The number of aliphatic hydroxyl groups is 1. The zero-order valence-corrected chi connectivity index (χ0v) is 12.6. The summed E-state index contributed by atoms with van der Waals surface area (Å²) in [6.07, 6.45) is 3.40. The van der Waals surface area contributed by atoms with E-state index >= 15 is 0 Å².